The van der Waals surface area contributed by atoms with Crippen LogP contribution in [0.4, 0.5) is 5.69 Å². The largest absolute Gasteiger partial charge is 0.399 e. The maximum Gasteiger partial charge on any atom is 0.272 e. The molecule has 0 spiro atoms. The van der Waals surface area contributed by atoms with Gasteiger partial charge in [-0.1, -0.05) is 0 Å². The zero-order chi connectivity index (χ0) is 14.8. The van der Waals surface area contributed by atoms with E-state index < -0.39 is 0 Å². The van der Waals surface area contributed by atoms with Crippen LogP contribution in [0.1, 0.15) is 36.2 Å². The normalized spacial score (nSPS) is 22.3. The summed E-state index contributed by atoms with van der Waals surface area (Å²) in [6.45, 7) is 0. The van der Waals surface area contributed by atoms with Gasteiger partial charge >= 0.3 is 0 Å². The molecular formula is C15H20N4OS. The molecule has 0 atom stereocenters. The second-order valence-corrected chi connectivity index (χ2v) is 6.70. The Morgan fingerprint density at radius 1 is 1.38 bits per heavy atom. The monoisotopic (exact) mass is 304 g/mol. The molecule has 0 saturated heterocycles. The number of carbonyl (C=O) groups is 1. The molecule has 21 heavy (non-hydrogen) atoms. The molecule has 2 aromatic rings. The van der Waals surface area contributed by atoms with Gasteiger partial charge in [0.1, 0.15) is 0 Å². The zero-order valence-electron chi connectivity index (χ0n) is 12.1. The Kier molecular flexibility index (Phi) is 4.05. The number of amides is 1. The van der Waals surface area contributed by atoms with Crippen LogP contribution in [0.5, 0.6) is 0 Å². The van der Waals surface area contributed by atoms with Crippen LogP contribution in [0.2, 0.25) is 0 Å². The average Bonchev–Trinajstić information content (AvgIpc) is 2.91. The SMILES string of the molecule is CSC1CCC(NC(=O)c2n[nH]c3ccc(N)cc23)CC1. The lowest BCUT2D eigenvalue weighted by molar-refractivity contribution is 0.0924. The molecule has 1 amide bonds. The highest BCUT2D eigenvalue weighted by molar-refractivity contribution is 7.99. The second kappa shape index (κ2) is 5.97. The number of fused-ring (bicyclic) bond motifs is 1. The summed E-state index contributed by atoms with van der Waals surface area (Å²) in [5.41, 5.74) is 7.70. The Balaban J connectivity index is 1.71. The standard InChI is InChI=1S/C15H20N4OS/c1-21-11-5-3-10(4-6-11)17-15(20)14-12-8-9(16)2-7-13(12)18-19-14/h2,7-8,10-11H,3-6,16H2,1H3,(H,17,20)(H,18,19). The van der Waals surface area contributed by atoms with E-state index in [1.165, 1.54) is 12.8 Å². The lowest BCUT2D eigenvalue weighted by Crippen LogP contribution is -2.38. The molecule has 1 saturated carbocycles. The third-order valence-corrected chi connectivity index (χ3v) is 5.28. The van der Waals surface area contributed by atoms with E-state index in [1.54, 1.807) is 12.1 Å². The molecule has 1 heterocycles. The van der Waals surface area contributed by atoms with Crippen molar-refractivity contribution in [1.82, 2.24) is 15.5 Å². The van der Waals surface area contributed by atoms with E-state index in [0.717, 1.165) is 29.0 Å². The molecule has 1 aromatic heterocycles. The quantitative estimate of drug-likeness (QED) is 0.761. The smallest absolute Gasteiger partial charge is 0.272 e. The summed E-state index contributed by atoms with van der Waals surface area (Å²) in [5.74, 6) is -0.112. The van der Waals surface area contributed by atoms with E-state index >= 15 is 0 Å². The number of rotatable bonds is 3. The summed E-state index contributed by atoms with van der Waals surface area (Å²) >= 11 is 1.92. The number of nitrogens with two attached hydrogens (primary N) is 1. The number of aromatic nitrogens is 2. The number of anilines is 1. The van der Waals surface area contributed by atoms with Crippen LogP contribution in [-0.4, -0.2) is 33.7 Å². The van der Waals surface area contributed by atoms with E-state index in [0.29, 0.717) is 11.4 Å². The third kappa shape index (κ3) is 3.00. The Labute approximate surface area is 128 Å². The Morgan fingerprint density at radius 2 is 2.14 bits per heavy atom. The number of H-pyrrole nitrogens is 1. The molecule has 3 rings (SSSR count). The molecule has 1 fully saturated rings. The number of nitrogen functional groups attached to an aromatic ring is 1. The lowest BCUT2D eigenvalue weighted by atomic mass is 9.95. The van der Waals surface area contributed by atoms with Crippen LogP contribution in [-0.2, 0) is 0 Å². The van der Waals surface area contributed by atoms with Gasteiger partial charge in [0.15, 0.2) is 5.69 Å². The summed E-state index contributed by atoms with van der Waals surface area (Å²) in [4.78, 5) is 12.4. The minimum absolute atomic E-state index is 0.112. The minimum atomic E-state index is -0.112. The molecule has 0 radical (unpaired) electrons. The minimum Gasteiger partial charge on any atom is -0.399 e. The van der Waals surface area contributed by atoms with Crippen molar-refractivity contribution in [2.24, 2.45) is 0 Å². The van der Waals surface area contributed by atoms with Gasteiger partial charge in [-0.05, 0) is 50.1 Å². The molecular weight excluding hydrogens is 284 g/mol. The Bertz CT molecular complexity index is 646. The van der Waals surface area contributed by atoms with Gasteiger partial charge in [-0.25, -0.2) is 0 Å². The van der Waals surface area contributed by atoms with Crippen molar-refractivity contribution in [1.29, 1.82) is 0 Å². The van der Waals surface area contributed by atoms with E-state index in [-0.39, 0.29) is 11.9 Å². The van der Waals surface area contributed by atoms with Gasteiger partial charge in [0, 0.05) is 22.4 Å². The summed E-state index contributed by atoms with van der Waals surface area (Å²) in [6, 6.07) is 5.69. The molecule has 1 aromatic carbocycles. The van der Waals surface area contributed by atoms with Crippen LogP contribution >= 0.6 is 11.8 Å². The zero-order valence-corrected chi connectivity index (χ0v) is 12.9. The van der Waals surface area contributed by atoms with Gasteiger partial charge < -0.3 is 11.1 Å². The molecule has 4 N–H and O–H groups in total. The molecule has 112 valence electrons. The molecule has 1 aliphatic carbocycles. The fraction of sp³-hybridized carbons (Fsp3) is 0.467. The number of nitrogens with one attached hydrogen (secondary N) is 2. The first-order valence-electron chi connectivity index (χ1n) is 7.24. The summed E-state index contributed by atoms with van der Waals surface area (Å²) in [5, 5.41) is 11.6. The van der Waals surface area contributed by atoms with Crippen molar-refractivity contribution in [3.63, 3.8) is 0 Å². The summed E-state index contributed by atoms with van der Waals surface area (Å²) in [6.07, 6.45) is 6.58. The summed E-state index contributed by atoms with van der Waals surface area (Å²) < 4.78 is 0. The van der Waals surface area contributed by atoms with Crippen LogP contribution < -0.4 is 11.1 Å². The predicted octanol–water partition coefficient (Wildman–Crippen LogP) is 2.55. The number of thioether (sulfide) groups is 1. The van der Waals surface area contributed by atoms with Crippen molar-refractivity contribution in [3.8, 4) is 0 Å². The molecule has 5 nitrogen and oxygen atoms in total. The first-order chi connectivity index (χ1) is 10.2. The van der Waals surface area contributed by atoms with Crippen LogP contribution in [0, 0.1) is 0 Å². The third-order valence-electron chi connectivity index (χ3n) is 4.14. The van der Waals surface area contributed by atoms with E-state index in [4.69, 9.17) is 5.73 Å². The van der Waals surface area contributed by atoms with Gasteiger partial charge in [0.05, 0.1) is 5.52 Å². The number of aromatic amines is 1. The van der Waals surface area contributed by atoms with E-state index in [2.05, 4.69) is 21.8 Å². The number of nitrogens with zero attached hydrogens (tertiary/aromatic N) is 1. The molecule has 0 unspecified atom stereocenters. The van der Waals surface area contributed by atoms with Crippen LogP contribution in [0.25, 0.3) is 10.9 Å². The highest BCUT2D eigenvalue weighted by atomic mass is 32.2. The van der Waals surface area contributed by atoms with Crippen molar-refractivity contribution in [2.45, 2.75) is 37.0 Å². The second-order valence-electron chi connectivity index (χ2n) is 5.56. The predicted molar refractivity (Wildman–Crippen MR) is 87.5 cm³/mol. The van der Waals surface area contributed by atoms with Crippen molar-refractivity contribution < 1.29 is 4.79 Å². The Hall–Kier alpha value is -1.69. The van der Waals surface area contributed by atoms with Gasteiger partial charge in [-0.2, -0.15) is 16.9 Å². The molecule has 6 heteroatoms. The van der Waals surface area contributed by atoms with Crippen molar-refractivity contribution >= 4 is 34.3 Å². The van der Waals surface area contributed by atoms with Crippen LogP contribution in [0.15, 0.2) is 18.2 Å². The lowest BCUT2D eigenvalue weighted by Gasteiger charge is -2.27. The van der Waals surface area contributed by atoms with E-state index in [9.17, 15) is 4.79 Å². The number of hydrogen-bond acceptors (Lipinski definition) is 4. The van der Waals surface area contributed by atoms with Gasteiger partial charge in [-0.15, -0.1) is 0 Å². The average molecular weight is 304 g/mol. The number of carbonyl (C=O) groups excluding carboxylic acids is 1. The number of hydrogen-bond donors (Lipinski definition) is 3. The fourth-order valence-corrected chi connectivity index (χ4v) is 3.64. The highest BCUT2D eigenvalue weighted by Crippen LogP contribution is 2.27. The van der Waals surface area contributed by atoms with Gasteiger partial charge in [0.25, 0.3) is 5.91 Å². The van der Waals surface area contributed by atoms with E-state index in [1.807, 2.05) is 17.8 Å². The Morgan fingerprint density at radius 3 is 2.86 bits per heavy atom. The fourth-order valence-electron chi connectivity index (χ4n) is 2.90. The maximum absolute atomic E-state index is 12.4. The first-order valence-corrected chi connectivity index (χ1v) is 8.53. The van der Waals surface area contributed by atoms with Crippen molar-refractivity contribution in [2.75, 3.05) is 12.0 Å². The maximum atomic E-state index is 12.4. The van der Waals surface area contributed by atoms with Crippen LogP contribution in [0.3, 0.4) is 0 Å². The number of benzene rings is 1. The topological polar surface area (TPSA) is 83.8 Å². The molecule has 0 bridgehead atoms. The molecule has 0 aliphatic heterocycles. The van der Waals surface area contributed by atoms with Gasteiger partial charge in [0.2, 0.25) is 0 Å². The molecule has 1 aliphatic rings. The first kappa shape index (κ1) is 14.3. The highest BCUT2D eigenvalue weighted by Gasteiger charge is 2.23. The summed E-state index contributed by atoms with van der Waals surface area (Å²) in [7, 11) is 0. The van der Waals surface area contributed by atoms with Crippen molar-refractivity contribution in [3.05, 3.63) is 23.9 Å². The van der Waals surface area contributed by atoms with Gasteiger partial charge in [-0.3, -0.25) is 9.89 Å².